The van der Waals surface area contributed by atoms with E-state index in [4.69, 9.17) is 19.4 Å². The van der Waals surface area contributed by atoms with Gasteiger partial charge in [0.1, 0.15) is 5.82 Å². The average molecular weight is 495 g/mol. The van der Waals surface area contributed by atoms with Crippen LogP contribution in [-0.4, -0.2) is 96.5 Å². The van der Waals surface area contributed by atoms with Crippen molar-refractivity contribution in [3.8, 4) is 11.5 Å². The summed E-state index contributed by atoms with van der Waals surface area (Å²) in [5.41, 5.74) is 1.89. The third-order valence-corrected chi connectivity index (χ3v) is 7.09. The molecular weight excluding hydrogens is 456 g/mol. The number of hydrogen-bond acceptors (Lipinski definition) is 9. The number of H-pyrrole nitrogens is 1. The van der Waals surface area contributed by atoms with Gasteiger partial charge in [0.2, 0.25) is 5.95 Å². The fourth-order valence-corrected chi connectivity index (χ4v) is 4.84. The number of anilines is 3. The third-order valence-electron chi connectivity index (χ3n) is 7.09. The van der Waals surface area contributed by atoms with Crippen molar-refractivity contribution in [3.63, 3.8) is 0 Å². The van der Waals surface area contributed by atoms with Gasteiger partial charge in [-0.1, -0.05) is 6.92 Å². The lowest BCUT2D eigenvalue weighted by Gasteiger charge is -2.32. The SMILES string of the molecule is CCc1cc(Nc2nc(N3CCN(C)CC3)nc3cc(OCCCN4CCCC4)c(OC)cc23)n[nH]1. The van der Waals surface area contributed by atoms with Crippen LogP contribution in [0.15, 0.2) is 18.2 Å². The van der Waals surface area contributed by atoms with Gasteiger partial charge in [-0.25, -0.2) is 4.98 Å². The van der Waals surface area contributed by atoms with Gasteiger partial charge >= 0.3 is 0 Å². The van der Waals surface area contributed by atoms with Gasteiger partial charge in [-0.15, -0.1) is 0 Å². The topological polar surface area (TPSA) is 94.7 Å². The summed E-state index contributed by atoms with van der Waals surface area (Å²) in [6.45, 7) is 9.97. The monoisotopic (exact) mass is 494 g/mol. The Kier molecular flexibility index (Phi) is 7.72. The molecule has 1 aromatic carbocycles. The number of fused-ring (bicyclic) bond motifs is 1. The van der Waals surface area contributed by atoms with E-state index >= 15 is 0 Å². The van der Waals surface area contributed by atoms with Gasteiger partial charge in [0, 0.05) is 55.9 Å². The number of hydrogen-bond donors (Lipinski definition) is 2. The number of aryl methyl sites for hydroxylation is 1. The molecule has 0 saturated carbocycles. The molecule has 10 nitrogen and oxygen atoms in total. The Morgan fingerprint density at radius 3 is 2.53 bits per heavy atom. The number of aromatic amines is 1. The summed E-state index contributed by atoms with van der Waals surface area (Å²) in [5, 5.41) is 11.8. The predicted molar refractivity (Wildman–Crippen MR) is 143 cm³/mol. The highest BCUT2D eigenvalue weighted by Gasteiger charge is 2.21. The first-order chi connectivity index (χ1) is 17.6. The van der Waals surface area contributed by atoms with Crippen molar-refractivity contribution in [2.75, 3.05) is 76.8 Å². The summed E-state index contributed by atoms with van der Waals surface area (Å²) in [5.74, 6) is 3.56. The van der Waals surface area contributed by atoms with E-state index in [1.54, 1.807) is 7.11 Å². The molecule has 0 amide bonds. The highest BCUT2D eigenvalue weighted by molar-refractivity contribution is 5.94. The standard InChI is InChI=1S/C26H38N8O2/c1-4-19-16-24(31-30-19)28-25-20-17-22(35-3)23(36-15-7-10-33-8-5-6-9-33)18-21(20)27-26(29-25)34-13-11-32(2)12-14-34/h16-18H,4-15H2,1-3H3,(H2,27,28,29,30,31). The van der Waals surface area contributed by atoms with Crippen molar-refractivity contribution >= 4 is 28.5 Å². The van der Waals surface area contributed by atoms with E-state index in [1.165, 1.54) is 25.9 Å². The van der Waals surface area contributed by atoms with E-state index in [9.17, 15) is 0 Å². The fraction of sp³-hybridized carbons (Fsp3) is 0.577. The Bertz CT molecular complexity index is 1150. The molecule has 0 radical (unpaired) electrons. The number of nitrogens with one attached hydrogen (secondary N) is 2. The Morgan fingerprint density at radius 2 is 1.81 bits per heavy atom. The molecule has 0 unspecified atom stereocenters. The van der Waals surface area contributed by atoms with Crippen LogP contribution in [0.2, 0.25) is 0 Å². The van der Waals surface area contributed by atoms with E-state index in [1.807, 2.05) is 18.2 Å². The number of nitrogens with zero attached hydrogens (tertiary/aromatic N) is 6. The van der Waals surface area contributed by atoms with Gasteiger partial charge in [0.15, 0.2) is 17.3 Å². The summed E-state index contributed by atoms with van der Waals surface area (Å²) < 4.78 is 11.9. The van der Waals surface area contributed by atoms with Crippen LogP contribution in [0.5, 0.6) is 11.5 Å². The predicted octanol–water partition coefficient (Wildman–Crippen LogP) is 3.28. The number of aromatic nitrogens is 4. The average Bonchev–Trinajstić information content (AvgIpc) is 3.58. The number of methoxy groups -OCH3 is 1. The summed E-state index contributed by atoms with van der Waals surface area (Å²) in [4.78, 5) is 17.0. The zero-order chi connectivity index (χ0) is 24.9. The Labute approximate surface area is 213 Å². The molecule has 194 valence electrons. The van der Waals surface area contributed by atoms with Crippen LogP contribution >= 0.6 is 0 Å². The van der Waals surface area contributed by atoms with E-state index < -0.39 is 0 Å². The highest BCUT2D eigenvalue weighted by atomic mass is 16.5. The maximum absolute atomic E-state index is 6.20. The maximum Gasteiger partial charge on any atom is 0.227 e. The van der Waals surface area contributed by atoms with Crippen LogP contribution < -0.4 is 19.7 Å². The number of likely N-dealkylation sites (tertiary alicyclic amines) is 1. The number of likely N-dealkylation sites (N-methyl/N-ethyl adjacent to an activating group) is 1. The molecule has 4 heterocycles. The number of benzene rings is 1. The molecular formula is C26H38N8O2. The van der Waals surface area contributed by atoms with Crippen LogP contribution in [0.25, 0.3) is 10.9 Å². The summed E-state index contributed by atoms with van der Waals surface area (Å²) >= 11 is 0. The maximum atomic E-state index is 6.20. The fourth-order valence-electron chi connectivity index (χ4n) is 4.84. The molecule has 2 saturated heterocycles. The minimum absolute atomic E-state index is 0.646. The lowest BCUT2D eigenvalue weighted by Crippen LogP contribution is -2.45. The summed E-state index contributed by atoms with van der Waals surface area (Å²) in [6.07, 6.45) is 4.49. The second-order valence-electron chi connectivity index (χ2n) is 9.69. The van der Waals surface area contributed by atoms with Crippen molar-refractivity contribution in [1.82, 2.24) is 30.0 Å². The van der Waals surface area contributed by atoms with Crippen LogP contribution in [0.4, 0.5) is 17.6 Å². The summed E-state index contributed by atoms with van der Waals surface area (Å²) in [6, 6.07) is 5.96. The van der Waals surface area contributed by atoms with Crippen LogP contribution in [0.3, 0.4) is 0 Å². The smallest absolute Gasteiger partial charge is 0.227 e. The lowest BCUT2D eigenvalue weighted by molar-refractivity contribution is 0.254. The molecule has 3 aromatic rings. The first kappa shape index (κ1) is 24.6. The molecule has 2 aliphatic rings. The minimum Gasteiger partial charge on any atom is -0.493 e. The Balaban J connectivity index is 1.43. The third kappa shape index (κ3) is 5.65. The van der Waals surface area contributed by atoms with Crippen molar-refractivity contribution in [1.29, 1.82) is 0 Å². The normalized spacial score (nSPS) is 17.1. The van der Waals surface area contributed by atoms with Gasteiger partial charge in [-0.05, 0) is 51.9 Å². The van der Waals surface area contributed by atoms with E-state index in [-0.39, 0.29) is 0 Å². The number of piperazine rings is 1. The minimum atomic E-state index is 0.646. The van der Waals surface area contributed by atoms with Crippen LogP contribution in [0, 0.1) is 0 Å². The molecule has 0 aliphatic carbocycles. The lowest BCUT2D eigenvalue weighted by atomic mass is 10.2. The molecule has 0 atom stereocenters. The van der Waals surface area contributed by atoms with Gasteiger partial charge < -0.3 is 29.5 Å². The zero-order valence-electron chi connectivity index (χ0n) is 21.7. The van der Waals surface area contributed by atoms with Gasteiger partial charge in [0.05, 0.1) is 19.2 Å². The van der Waals surface area contributed by atoms with E-state index in [2.05, 4.69) is 44.2 Å². The molecule has 0 spiro atoms. The van der Waals surface area contributed by atoms with Gasteiger partial charge in [-0.3, -0.25) is 5.10 Å². The second-order valence-corrected chi connectivity index (χ2v) is 9.69. The zero-order valence-corrected chi connectivity index (χ0v) is 21.7. The molecule has 5 rings (SSSR count). The second kappa shape index (κ2) is 11.3. The van der Waals surface area contributed by atoms with Crippen molar-refractivity contribution in [3.05, 3.63) is 23.9 Å². The van der Waals surface area contributed by atoms with Gasteiger partial charge in [-0.2, -0.15) is 10.1 Å². The molecule has 2 aliphatic heterocycles. The largest absolute Gasteiger partial charge is 0.493 e. The van der Waals surface area contributed by atoms with Crippen LogP contribution in [-0.2, 0) is 6.42 Å². The van der Waals surface area contributed by atoms with Crippen molar-refractivity contribution < 1.29 is 9.47 Å². The molecule has 0 bridgehead atoms. The quantitative estimate of drug-likeness (QED) is 0.412. The molecule has 36 heavy (non-hydrogen) atoms. The number of rotatable bonds is 10. The molecule has 2 N–H and O–H groups in total. The number of ether oxygens (including phenoxy) is 2. The van der Waals surface area contributed by atoms with E-state index in [0.29, 0.717) is 23.9 Å². The first-order valence-electron chi connectivity index (χ1n) is 13.1. The van der Waals surface area contributed by atoms with Crippen molar-refractivity contribution in [2.45, 2.75) is 32.6 Å². The molecule has 2 fully saturated rings. The van der Waals surface area contributed by atoms with Crippen LogP contribution in [0.1, 0.15) is 31.9 Å². The van der Waals surface area contributed by atoms with E-state index in [0.717, 1.165) is 73.9 Å². The molecule has 2 aromatic heterocycles. The van der Waals surface area contributed by atoms with Crippen molar-refractivity contribution in [2.24, 2.45) is 0 Å². The highest BCUT2D eigenvalue weighted by Crippen LogP contribution is 2.36. The molecule has 10 heteroatoms. The van der Waals surface area contributed by atoms with Gasteiger partial charge in [0.25, 0.3) is 0 Å². The Morgan fingerprint density at radius 1 is 1.00 bits per heavy atom. The Hall–Kier alpha value is -3.11. The summed E-state index contributed by atoms with van der Waals surface area (Å²) in [7, 11) is 3.82. The first-order valence-corrected chi connectivity index (χ1v) is 13.1.